The Balaban J connectivity index is 1.63. The van der Waals surface area contributed by atoms with Crippen LogP contribution in [0.2, 0.25) is 0 Å². The highest BCUT2D eigenvalue weighted by Gasteiger charge is 2.27. The molecule has 3 aromatic carbocycles. The maximum absolute atomic E-state index is 13.0. The van der Waals surface area contributed by atoms with E-state index < -0.39 is 24.5 Å². The third-order valence-corrected chi connectivity index (χ3v) is 4.29. The monoisotopic (exact) mass is 446 g/mol. The van der Waals surface area contributed by atoms with E-state index in [-0.39, 0.29) is 23.6 Å². The van der Waals surface area contributed by atoms with Gasteiger partial charge in [-0.05, 0) is 54.1 Å². The van der Waals surface area contributed by atoms with E-state index in [0.717, 1.165) is 5.56 Å². The zero-order valence-electron chi connectivity index (χ0n) is 16.6. The maximum Gasteiger partial charge on any atom is 0.405 e. The van der Waals surface area contributed by atoms with Crippen LogP contribution < -0.4 is 15.4 Å². The summed E-state index contributed by atoms with van der Waals surface area (Å²) in [7, 11) is 0. The van der Waals surface area contributed by atoms with Gasteiger partial charge >= 0.3 is 6.18 Å². The van der Waals surface area contributed by atoms with Crippen LogP contribution >= 0.6 is 0 Å². The lowest BCUT2D eigenvalue weighted by Gasteiger charge is -2.12. The molecule has 0 atom stereocenters. The quantitative estimate of drug-likeness (QED) is 0.505. The van der Waals surface area contributed by atoms with Gasteiger partial charge < -0.3 is 15.4 Å². The van der Waals surface area contributed by atoms with Crippen LogP contribution in [0.25, 0.3) is 0 Å². The van der Waals surface area contributed by atoms with Crippen LogP contribution in [0.1, 0.15) is 26.3 Å². The fourth-order valence-corrected chi connectivity index (χ4v) is 2.71. The average Bonchev–Trinajstić information content (AvgIpc) is 2.77. The predicted molar refractivity (Wildman–Crippen MR) is 110 cm³/mol. The van der Waals surface area contributed by atoms with Gasteiger partial charge in [-0.25, -0.2) is 4.39 Å². The highest BCUT2D eigenvalue weighted by atomic mass is 19.4. The summed E-state index contributed by atoms with van der Waals surface area (Å²) in [5, 5.41) is 4.42. The van der Waals surface area contributed by atoms with Gasteiger partial charge in [0.1, 0.15) is 24.7 Å². The SMILES string of the molecule is O=C(NCC(F)(F)F)c1ccc(NC(=O)c2ccccc2OCc2ccc(F)cc2)cc1. The number of hydrogen-bond donors (Lipinski definition) is 2. The number of carbonyl (C=O) groups is 2. The average molecular weight is 446 g/mol. The Bertz CT molecular complexity index is 1080. The molecule has 3 aromatic rings. The molecule has 9 heteroatoms. The van der Waals surface area contributed by atoms with Gasteiger partial charge in [0.2, 0.25) is 0 Å². The molecule has 0 aliphatic heterocycles. The molecule has 3 rings (SSSR count). The van der Waals surface area contributed by atoms with Gasteiger partial charge in [0.05, 0.1) is 5.56 Å². The van der Waals surface area contributed by atoms with Crippen LogP contribution in [-0.2, 0) is 6.61 Å². The number of halogens is 4. The van der Waals surface area contributed by atoms with Gasteiger partial charge in [0.25, 0.3) is 11.8 Å². The Hall–Kier alpha value is -3.88. The number of para-hydroxylation sites is 1. The Morgan fingerprint density at radius 1 is 0.844 bits per heavy atom. The van der Waals surface area contributed by atoms with E-state index in [4.69, 9.17) is 4.74 Å². The largest absolute Gasteiger partial charge is 0.488 e. The first kappa shape index (κ1) is 22.8. The molecule has 0 aliphatic rings. The molecule has 0 fully saturated rings. The van der Waals surface area contributed by atoms with Crippen molar-refractivity contribution in [2.24, 2.45) is 0 Å². The third-order valence-electron chi connectivity index (χ3n) is 4.29. The van der Waals surface area contributed by atoms with Gasteiger partial charge in [-0.15, -0.1) is 0 Å². The van der Waals surface area contributed by atoms with E-state index in [9.17, 15) is 27.2 Å². The van der Waals surface area contributed by atoms with Gasteiger partial charge in [0, 0.05) is 11.3 Å². The molecular formula is C23H18F4N2O3. The summed E-state index contributed by atoms with van der Waals surface area (Å²) < 4.78 is 55.4. The highest BCUT2D eigenvalue weighted by molar-refractivity contribution is 6.06. The van der Waals surface area contributed by atoms with Crippen molar-refractivity contribution in [2.45, 2.75) is 12.8 Å². The van der Waals surface area contributed by atoms with E-state index in [1.165, 1.54) is 36.4 Å². The number of anilines is 1. The molecule has 0 saturated carbocycles. The molecule has 0 aliphatic carbocycles. The van der Waals surface area contributed by atoms with E-state index in [2.05, 4.69) is 5.32 Å². The zero-order chi connectivity index (χ0) is 23.1. The number of hydrogen-bond acceptors (Lipinski definition) is 3. The van der Waals surface area contributed by atoms with E-state index >= 15 is 0 Å². The first-order chi connectivity index (χ1) is 15.2. The summed E-state index contributed by atoms with van der Waals surface area (Å²) in [5.74, 6) is -1.40. The summed E-state index contributed by atoms with van der Waals surface area (Å²) in [6.07, 6.45) is -4.50. The minimum atomic E-state index is -4.50. The number of ether oxygens (including phenoxy) is 1. The predicted octanol–water partition coefficient (Wildman–Crippen LogP) is 4.95. The summed E-state index contributed by atoms with van der Waals surface area (Å²) in [6.45, 7) is -1.30. The van der Waals surface area contributed by atoms with E-state index in [1.54, 1.807) is 41.7 Å². The zero-order valence-corrected chi connectivity index (χ0v) is 16.6. The fourth-order valence-electron chi connectivity index (χ4n) is 2.71. The standard InChI is InChI=1S/C23H18F4N2O3/c24-17-9-5-15(6-10-17)13-32-20-4-2-1-3-19(20)22(31)29-18-11-7-16(8-12-18)21(30)28-14-23(25,26)27/h1-12H,13-14H2,(H,28,30)(H,29,31). The number of rotatable bonds is 7. The Morgan fingerprint density at radius 2 is 1.50 bits per heavy atom. The molecule has 0 saturated heterocycles. The van der Waals surface area contributed by atoms with Crippen molar-refractivity contribution in [2.75, 3.05) is 11.9 Å². The molecular weight excluding hydrogens is 428 g/mol. The fraction of sp³-hybridized carbons (Fsp3) is 0.130. The van der Waals surface area contributed by atoms with Gasteiger partial charge in [-0.2, -0.15) is 13.2 Å². The smallest absolute Gasteiger partial charge is 0.405 e. The summed E-state index contributed by atoms with van der Waals surface area (Å²) in [6, 6.07) is 17.7. The number of benzene rings is 3. The molecule has 166 valence electrons. The second-order valence-electron chi connectivity index (χ2n) is 6.74. The van der Waals surface area contributed by atoms with Crippen molar-refractivity contribution in [3.8, 4) is 5.75 Å². The minimum absolute atomic E-state index is 0.0234. The molecule has 5 nitrogen and oxygen atoms in total. The molecule has 0 heterocycles. The van der Waals surface area contributed by atoms with Crippen molar-refractivity contribution in [3.05, 3.63) is 95.3 Å². The van der Waals surface area contributed by atoms with Crippen LogP contribution in [0, 0.1) is 5.82 Å². The van der Waals surface area contributed by atoms with E-state index in [0.29, 0.717) is 11.4 Å². The van der Waals surface area contributed by atoms with E-state index in [1.807, 2.05) is 0 Å². The number of nitrogens with one attached hydrogen (secondary N) is 2. The molecule has 2 amide bonds. The summed E-state index contributed by atoms with van der Waals surface area (Å²) >= 11 is 0. The maximum atomic E-state index is 13.0. The molecule has 0 spiro atoms. The first-order valence-corrected chi connectivity index (χ1v) is 9.44. The normalized spacial score (nSPS) is 11.0. The van der Waals surface area contributed by atoms with Crippen molar-refractivity contribution < 1.29 is 31.9 Å². The summed E-state index contributed by atoms with van der Waals surface area (Å²) in [5.41, 5.74) is 1.34. The topological polar surface area (TPSA) is 67.4 Å². The third kappa shape index (κ3) is 6.56. The molecule has 0 bridgehead atoms. The van der Waals surface area contributed by atoms with Crippen molar-refractivity contribution >= 4 is 17.5 Å². The second kappa shape index (κ2) is 9.95. The Kier molecular flexibility index (Phi) is 7.09. The van der Waals surface area contributed by atoms with Crippen LogP contribution in [-0.4, -0.2) is 24.5 Å². The van der Waals surface area contributed by atoms with Crippen LogP contribution in [0.15, 0.2) is 72.8 Å². The van der Waals surface area contributed by atoms with Crippen LogP contribution in [0.4, 0.5) is 23.2 Å². The molecule has 0 aromatic heterocycles. The first-order valence-electron chi connectivity index (χ1n) is 9.44. The Morgan fingerprint density at radius 3 is 2.16 bits per heavy atom. The van der Waals surface area contributed by atoms with Gasteiger partial charge in [-0.3, -0.25) is 9.59 Å². The molecule has 0 unspecified atom stereocenters. The lowest BCUT2D eigenvalue weighted by molar-refractivity contribution is -0.123. The number of amides is 2. The van der Waals surface area contributed by atoms with Gasteiger partial charge in [0.15, 0.2) is 0 Å². The van der Waals surface area contributed by atoms with Crippen LogP contribution in [0.5, 0.6) is 5.75 Å². The van der Waals surface area contributed by atoms with Gasteiger partial charge in [-0.1, -0.05) is 24.3 Å². The van der Waals surface area contributed by atoms with Crippen molar-refractivity contribution in [3.63, 3.8) is 0 Å². The molecule has 0 radical (unpaired) electrons. The summed E-state index contributed by atoms with van der Waals surface area (Å²) in [4.78, 5) is 24.4. The number of carbonyl (C=O) groups excluding carboxylic acids is 2. The lowest BCUT2D eigenvalue weighted by atomic mass is 10.1. The minimum Gasteiger partial charge on any atom is -0.488 e. The van der Waals surface area contributed by atoms with Crippen molar-refractivity contribution in [1.82, 2.24) is 5.32 Å². The highest BCUT2D eigenvalue weighted by Crippen LogP contribution is 2.21. The number of alkyl halides is 3. The lowest BCUT2D eigenvalue weighted by Crippen LogP contribution is -2.33. The molecule has 32 heavy (non-hydrogen) atoms. The second-order valence-corrected chi connectivity index (χ2v) is 6.74. The van der Waals surface area contributed by atoms with Crippen molar-refractivity contribution in [1.29, 1.82) is 0 Å². The van der Waals surface area contributed by atoms with Crippen LogP contribution in [0.3, 0.4) is 0 Å². The molecule has 2 N–H and O–H groups in total. The Labute approximate surface area is 181 Å².